The number of carbonyl (C=O) groups is 1. The fourth-order valence-electron chi connectivity index (χ4n) is 3.03. The van der Waals surface area contributed by atoms with Crippen LogP contribution in [0.2, 0.25) is 0 Å². The molecule has 3 aromatic rings. The van der Waals surface area contributed by atoms with Gasteiger partial charge in [0.2, 0.25) is 5.91 Å². The zero-order valence-corrected chi connectivity index (χ0v) is 14.0. The van der Waals surface area contributed by atoms with Crippen LogP contribution < -0.4 is 4.90 Å². The van der Waals surface area contributed by atoms with E-state index in [2.05, 4.69) is 16.0 Å². The van der Waals surface area contributed by atoms with Crippen LogP contribution in [0.15, 0.2) is 54.2 Å². The zero-order chi connectivity index (χ0) is 16.4. The van der Waals surface area contributed by atoms with E-state index < -0.39 is 0 Å². The molecule has 1 aliphatic heterocycles. The van der Waals surface area contributed by atoms with E-state index in [1.807, 2.05) is 40.6 Å². The highest BCUT2D eigenvalue weighted by atomic mass is 32.1. The molecule has 0 atom stereocenters. The lowest BCUT2D eigenvalue weighted by Crippen LogP contribution is -2.28. The van der Waals surface area contributed by atoms with E-state index in [1.54, 1.807) is 23.7 Å². The van der Waals surface area contributed by atoms with Crippen LogP contribution in [0, 0.1) is 0 Å². The van der Waals surface area contributed by atoms with Crippen LogP contribution in [-0.2, 0) is 17.6 Å². The number of benzene rings is 1. The summed E-state index contributed by atoms with van der Waals surface area (Å²) >= 11 is 1.61. The average molecular weight is 335 g/mol. The molecular weight excluding hydrogens is 318 g/mol. The van der Waals surface area contributed by atoms with Crippen molar-refractivity contribution in [1.29, 1.82) is 0 Å². The first kappa shape index (κ1) is 15.0. The minimum atomic E-state index is 0.181. The minimum Gasteiger partial charge on any atom is -0.312 e. The van der Waals surface area contributed by atoms with Crippen LogP contribution in [0.1, 0.15) is 17.0 Å². The Balaban J connectivity index is 1.41. The molecule has 4 nitrogen and oxygen atoms in total. The third kappa shape index (κ3) is 2.95. The topological polar surface area (TPSA) is 46.1 Å². The van der Waals surface area contributed by atoms with Gasteiger partial charge in [0.15, 0.2) is 0 Å². The van der Waals surface area contributed by atoms with Gasteiger partial charge >= 0.3 is 0 Å². The van der Waals surface area contributed by atoms with Crippen LogP contribution in [0.5, 0.6) is 0 Å². The molecule has 5 heteroatoms. The fraction of sp³-hybridized carbons (Fsp3) is 0.211. The smallest absolute Gasteiger partial charge is 0.227 e. The van der Waals surface area contributed by atoms with Gasteiger partial charge in [0.1, 0.15) is 0 Å². The van der Waals surface area contributed by atoms with E-state index in [4.69, 9.17) is 0 Å². The fourth-order valence-corrected chi connectivity index (χ4v) is 3.83. The maximum Gasteiger partial charge on any atom is 0.227 e. The van der Waals surface area contributed by atoms with Crippen molar-refractivity contribution < 1.29 is 4.79 Å². The second-order valence-electron chi connectivity index (χ2n) is 5.79. The quantitative estimate of drug-likeness (QED) is 0.730. The van der Waals surface area contributed by atoms with Gasteiger partial charge < -0.3 is 4.90 Å². The van der Waals surface area contributed by atoms with Crippen molar-refractivity contribution in [2.24, 2.45) is 0 Å². The third-order valence-corrected chi connectivity index (χ3v) is 5.18. The highest BCUT2D eigenvalue weighted by Gasteiger charge is 2.23. The van der Waals surface area contributed by atoms with Crippen molar-refractivity contribution in [3.8, 4) is 11.3 Å². The molecule has 1 aromatic carbocycles. The second-order valence-corrected chi connectivity index (χ2v) is 6.73. The summed E-state index contributed by atoms with van der Waals surface area (Å²) in [6.45, 7) is 0.790. The molecule has 0 spiro atoms. The lowest BCUT2D eigenvalue weighted by molar-refractivity contribution is -0.118. The van der Waals surface area contributed by atoms with E-state index in [0.717, 1.165) is 34.9 Å². The summed E-state index contributed by atoms with van der Waals surface area (Å²) in [4.78, 5) is 23.1. The van der Waals surface area contributed by atoms with Crippen LogP contribution in [0.3, 0.4) is 0 Å². The summed E-state index contributed by atoms with van der Waals surface area (Å²) in [5.41, 5.74) is 4.35. The van der Waals surface area contributed by atoms with Gasteiger partial charge in [0.25, 0.3) is 0 Å². The Labute approximate surface area is 144 Å². The van der Waals surface area contributed by atoms with Gasteiger partial charge in [0, 0.05) is 48.4 Å². The third-order valence-electron chi connectivity index (χ3n) is 4.27. The summed E-state index contributed by atoms with van der Waals surface area (Å²) in [6, 6.07) is 12.1. The molecule has 1 amide bonds. The molecule has 4 rings (SSSR count). The van der Waals surface area contributed by atoms with Crippen LogP contribution in [0.4, 0.5) is 5.69 Å². The van der Waals surface area contributed by atoms with E-state index in [9.17, 15) is 4.79 Å². The maximum absolute atomic E-state index is 12.6. The van der Waals surface area contributed by atoms with Crippen LogP contribution in [-0.4, -0.2) is 22.4 Å². The number of thiazole rings is 1. The number of aromatic nitrogens is 2. The van der Waals surface area contributed by atoms with Crippen molar-refractivity contribution in [3.05, 3.63) is 64.7 Å². The molecule has 2 aromatic heterocycles. The first-order valence-corrected chi connectivity index (χ1v) is 8.92. The van der Waals surface area contributed by atoms with E-state index >= 15 is 0 Å². The Morgan fingerprint density at radius 2 is 2.00 bits per heavy atom. The predicted molar refractivity (Wildman–Crippen MR) is 96.2 cm³/mol. The van der Waals surface area contributed by atoms with Crippen molar-refractivity contribution in [2.45, 2.75) is 19.3 Å². The van der Waals surface area contributed by atoms with E-state index in [1.165, 1.54) is 5.56 Å². The SMILES string of the molecule is O=C(CCc1nc(-c2ccncc2)cs1)N1CCc2ccccc21. The van der Waals surface area contributed by atoms with Gasteiger partial charge in [-0.2, -0.15) is 0 Å². The van der Waals surface area contributed by atoms with E-state index in [-0.39, 0.29) is 5.91 Å². The lowest BCUT2D eigenvalue weighted by Gasteiger charge is -2.16. The molecule has 0 saturated carbocycles. The van der Waals surface area contributed by atoms with Crippen molar-refractivity contribution in [3.63, 3.8) is 0 Å². The molecule has 3 heterocycles. The molecule has 0 N–H and O–H groups in total. The number of nitrogens with zero attached hydrogens (tertiary/aromatic N) is 3. The predicted octanol–water partition coefficient (Wildman–Crippen LogP) is 3.73. The van der Waals surface area contributed by atoms with E-state index in [0.29, 0.717) is 12.8 Å². The van der Waals surface area contributed by atoms with Crippen LogP contribution >= 0.6 is 11.3 Å². The number of fused-ring (bicyclic) bond motifs is 1. The highest BCUT2D eigenvalue weighted by molar-refractivity contribution is 7.09. The summed E-state index contributed by atoms with van der Waals surface area (Å²) in [6.07, 6.45) is 5.67. The summed E-state index contributed by atoms with van der Waals surface area (Å²) in [7, 11) is 0. The number of hydrogen-bond donors (Lipinski definition) is 0. The summed E-state index contributed by atoms with van der Waals surface area (Å²) in [5, 5.41) is 3.04. The van der Waals surface area contributed by atoms with Gasteiger partial charge in [-0.25, -0.2) is 4.98 Å². The Hall–Kier alpha value is -2.53. The molecule has 120 valence electrons. The molecule has 1 aliphatic rings. The molecule has 0 radical (unpaired) electrons. The van der Waals surface area contributed by atoms with Crippen molar-refractivity contribution in [2.75, 3.05) is 11.4 Å². The molecule has 0 bridgehead atoms. The molecule has 0 fully saturated rings. The standard InChI is InChI=1S/C19H17N3OS/c23-19(22-12-9-15-3-1-2-4-17(15)22)6-5-18-21-16(13-24-18)14-7-10-20-11-8-14/h1-4,7-8,10-11,13H,5-6,9,12H2. The second kappa shape index (κ2) is 6.53. The largest absolute Gasteiger partial charge is 0.312 e. The van der Waals surface area contributed by atoms with Crippen molar-refractivity contribution >= 4 is 22.9 Å². The van der Waals surface area contributed by atoms with Gasteiger partial charge in [-0.3, -0.25) is 9.78 Å². The Morgan fingerprint density at radius 1 is 1.17 bits per heavy atom. The maximum atomic E-state index is 12.6. The Kier molecular flexibility index (Phi) is 4.09. The molecule has 0 aliphatic carbocycles. The highest BCUT2D eigenvalue weighted by Crippen LogP contribution is 2.28. The number of anilines is 1. The normalized spacial score (nSPS) is 13.1. The van der Waals surface area contributed by atoms with Gasteiger partial charge in [0.05, 0.1) is 10.7 Å². The first-order valence-electron chi connectivity index (χ1n) is 8.04. The summed E-state index contributed by atoms with van der Waals surface area (Å²) in [5.74, 6) is 0.181. The zero-order valence-electron chi connectivity index (χ0n) is 13.2. The molecule has 0 unspecified atom stereocenters. The summed E-state index contributed by atoms with van der Waals surface area (Å²) < 4.78 is 0. The van der Waals surface area contributed by atoms with Crippen molar-refractivity contribution in [1.82, 2.24) is 9.97 Å². The Bertz CT molecular complexity index is 860. The number of aryl methyl sites for hydroxylation is 1. The monoisotopic (exact) mass is 335 g/mol. The lowest BCUT2D eigenvalue weighted by atomic mass is 10.2. The number of rotatable bonds is 4. The average Bonchev–Trinajstić information content (AvgIpc) is 3.27. The van der Waals surface area contributed by atoms with Gasteiger partial charge in [-0.15, -0.1) is 11.3 Å². The number of hydrogen-bond acceptors (Lipinski definition) is 4. The molecule has 0 saturated heterocycles. The minimum absolute atomic E-state index is 0.181. The number of carbonyl (C=O) groups excluding carboxylic acids is 1. The van der Waals surface area contributed by atoms with Crippen LogP contribution in [0.25, 0.3) is 11.3 Å². The molecular formula is C19H17N3OS. The van der Waals surface area contributed by atoms with Gasteiger partial charge in [-0.05, 0) is 30.2 Å². The number of amides is 1. The number of pyridine rings is 1. The Morgan fingerprint density at radius 3 is 2.88 bits per heavy atom. The first-order chi connectivity index (χ1) is 11.8. The van der Waals surface area contributed by atoms with Gasteiger partial charge in [-0.1, -0.05) is 18.2 Å². The number of para-hydroxylation sites is 1. The molecule has 24 heavy (non-hydrogen) atoms.